The van der Waals surface area contributed by atoms with Gasteiger partial charge in [0.05, 0.1) is 6.61 Å². The third-order valence-corrected chi connectivity index (χ3v) is 0.535. The Hall–Kier alpha value is -0.480. The fourth-order valence-electron chi connectivity index (χ4n) is 0.289. The van der Waals surface area contributed by atoms with E-state index in [1.54, 1.807) is 6.61 Å². The van der Waals surface area contributed by atoms with E-state index in [0.29, 0.717) is 12.5 Å². The van der Waals surface area contributed by atoms with Gasteiger partial charge in [0.1, 0.15) is 6.61 Å². The van der Waals surface area contributed by atoms with Crippen LogP contribution in [0.5, 0.6) is 0 Å². The van der Waals surface area contributed by atoms with Crippen molar-refractivity contribution in [2.45, 2.75) is 13.8 Å². The zero-order valence-electron chi connectivity index (χ0n) is 5.35. The first-order chi connectivity index (χ1) is 3.77. The lowest BCUT2D eigenvalue weighted by Crippen LogP contribution is -1.93. The summed E-state index contributed by atoms with van der Waals surface area (Å²) in [5.74, 6) is 2.83. The molecule has 0 atom stereocenters. The molecule has 1 heteroatoms. The molecule has 0 aromatic carbocycles. The Bertz CT molecular complexity index is 78.9. The van der Waals surface area contributed by atoms with Crippen LogP contribution in [0.4, 0.5) is 0 Å². The van der Waals surface area contributed by atoms with Crippen molar-refractivity contribution in [3.8, 4) is 12.3 Å². The van der Waals surface area contributed by atoms with Gasteiger partial charge in [-0.3, -0.25) is 0 Å². The maximum absolute atomic E-state index is 4.92. The smallest absolute Gasteiger partial charge is 0.107 e. The molecule has 0 aromatic rings. The summed E-state index contributed by atoms with van der Waals surface area (Å²) >= 11 is 0. The van der Waals surface area contributed by atoms with Gasteiger partial charge in [-0.05, 0) is 5.92 Å². The van der Waals surface area contributed by atoms with Crippen molar-refractivity contribution in [2.24, 2.45) is 5.92 Å². The highest BCUT2D eigenvalue weighted by Crippen LogP contribution is 1.96. The normalized spacial score (nSPS) is 9.25. The van der Waals surface area contributed by atoms with Crippen LogP contribution < -0.4 is 0 Å². The van der Waals surface area contributed by atoms with E-state index in [1.807, 2.05) is 13.8 Å². The molecule has 8 heavy (non-hydrogen) atoms. The van der Waals surface area contributed by atoms with Crippen molar-refractivity contribution in [1.29, 1.82) is 0 Å². The molecule has 0 amide bonds. The summed E-state index contributed by atoms with van der Waals surface area (Å²) in [6, 6.07) is 0. The summed E-state index contributed by atoms with van der Waals surface area (Å²) < 4.78 is 4.88. The van der Waals surface area contributed by atoms with Crippen LogP contribution in [-0.4, -0.2) is 6.61 Å². The fraction of sp³-hybridized carbons (Fsp3) is 0.571. The maximum atomic E-state index is 4.92. The summed E-state index contributed by atoms with van der Waals surface area (Å²) in [6.45, 7) is 6.20. The summed E-state index contributed by atoms with van der Waals surface area (Å²) in [6.07, 6.45) is 4.92. The topological polar surface area (TPSA) is 9.23 Å². The van der Waals surface area contributed by atoms with Gasteiger partial charge in [0, 0.05) is 0 Å². The SMILES string of the molecule is C#CCO[CH]C(C)C. The lowest BCUT2D eigenvalue weighted by molar-refractivity contribution is 0.209. The van der Waals surface area contributed by atoms with Gasteiger partial charge in [-0.25, -0.2) is 0 Å². The molecule has 1 nitrogen and oxygen atoms in total. The molecular weight excluding hydrogens is 100 g/mol. The van der Waals surface area contributed by atoms with Crippen molar-refractivity contribution in [3.05, 3.63) is 6.61 Å². The van der Waals surface area contributed by atoms with Gasteiger partial charge in [-0.15, -0.1) is 6.42 Å². The highest BCUT2D eigenvalue weighted by molar-refractivity contribution is 4.83. The van der Waals surface area contributed by atoms with Gasteiger partial charge in [-0.2, -0.15) is 0 Å². The minimum atomic E-state index is 0.387. The monoisotopic (exact) mass is 111 g/mol. The highest BCUT2D eigenvalue weighted by atomic mass is 16.5. The number of terminal acetylenes is 1. The zero-order valence-corrected chi connectivity index (χ0v) is 5.35. The Morgan fingerprint density at radius 3 is 2.75 bits per heavy atom. The molecule has 1 radical (unpaired) electrons. The second-order valence-electron chi connectivity index (χ2n) is 1.90. The molecule has 0 saturated heterocycles. The van der Waals surface area contributed by atoms with E-state index in [2.05, 4.69) is 5.92 Å². The van der Waals surface area contributed by atoms with Crippen LogP contribution in [0.1, 0.15) is 13.8 Å². The van der Waals surface area contributed by atoms with Gasteiger partial charge >= 0.3 is 0 Å². The minimum absolute atomic E-state index is 0.387. The number of rotatable bonds is 3. The van der Waals surface area contributed by atoms with E-state index in [-0.39, 0.29) is 0 Å². The van der Waals surface area contributed by atoms with Gasteiger partial charge in [0.2, 0.25) is 0 Å². The molecule has 0 fully saturated rings. The van der Waals surface area contributed by atoms with E-state index < -0.39 is 0 Å². The van der Waals surface area contributed by atoms with Crippen LogP contribution in [-0.2, 0) is 4.74 Å². The van der Waals surface area contributed by atoms with Crippen molar-refractivity contribution in [3.63, 3.8) is 0 Å². The summed E-state index contributed by atoms with van der Waals surface area (Å²) in [5.41, 5.74) is 0. The number of hydrogen-bond donors (Lipinski definition) is 0. The Morgan fingerprint density at radius 1 is 1.75 bits per heavy atom. The average molecular weight is 111 g/mol. The highest BCUT2D eigenvalue weighted by Gasteiger charge is 1.90. The van der Waals surface area contributed by atoms with Crippen LogP contribution in [0.3, 0.4) is 0 Å². The molecule has 45 valence electrons. The zero-order chi connectivity index (χ0) is 6.41. The third kappa shape index (κ3) is 5.52. The predicted octanol–water partition coefficient (Wildman–Crippen LogP) is 1.45. The van der Waals surface area contributed by atoms with E-state index >= 15 is 0 Å². The fourth-order valence-corrected chi connectivity index (χ4v) is 0.289. The van der Waals surface area contributed by atoms with E-state index in [4.69, 9.17) is 11.2 Å². The molecule has 0 aliphatic rings. The first-order valence-corrected chi connectivity index (χ1v) is 2.65. The van der Waals surface area contributed by atoms with Gasteiger partial charge in [0.25, 0.3) is 0 Å². The standard InChI is InChI=1S/C7H11O/c1-4-5-8-6-7(2)3/h1,6-7H,5H2,2-3H3. The quantitative estimate of drug-likeness (QED) is 0.395. The maximum Gasteiger partial charge on any atom is 0.107 e. The van der Waals surface area contributed by atoms with Crippen LogP contribution in [0, 0.1) is 24.9 Å². The van der Waals surface area contributed by atoms with Crippen molar-refractivity contribution >= 4 is 0 Å². The lowest BCUT2D eigenvalue weighted by atomic mass is 10.2. The van der Waals surface area contributed by atoms with Crippen LogP contribution in [0.15, 0.2) is 0 Å². The van der Waals surface area contributed by atoms with Crippen LogP contribution in [0.2, 0.25) is 0 Å². The van der Waals surface area contributed by atoms with E-state index in [9.17, 15) is 0 Å². The van der Waals surface area contributed by atoms with E-state index in [0.717, 1.165) is 0 Å². The number of ether oxygens (including phenoxy) is 1. The second-order valence-corrected chi connectivity index (χ2v) is 1.90. The Morgan fingerprint density at radius 2 is 2.38 bits per heavy atom. The lowest BCUT2D eigenvalue weighted by Gasteiger charge is -1.99. The summed E-state index contributed by atoms with van der Waals surface area (Å²) in [5, 5.41) is 0. The van der Waals surface area contributed by atoms with Crippen LogP contribution >= 0.6 is 0 Å². The molecule has 0 N–H and O–H groups in total. The van der Waals surface area contributed by atoms with Crippen molar-refractivity contribution in [2.75, 3.05) is 6.61 Å². The molecular formula is C7H11O. The predicted molar refractivity (Wildman–Crippen MR) is 33.9 cm³/mol. The molecule has 0 rings (SSSR count). The van der Waals surface area contributed by atoms with Gasteiger partial charge < -0.3 is 4.74 Å². The van der Waals surface area contributed by atoms with Gasteiger partial charge in [0.15, 0.2) is 0 Å². The molecule has 0 aromatic heterocycles. The number of hydrogen-bond acceptors (Lipinski definition) is 1. The molecule has 0 saturated carbocycles. The molecule has 0 bridgehead atoms. The largest absolute Gasteiger partial charge is 0.363 e. The van der Waals surface area contributed by atoms with E-state index in [1.165, 1.54) is 0 Å². The molecule has 0 spiro atoms. The summed E-state index contributed by atoms with van der Waals surface area (Å²) in [4.78, 5) is 0. The second kappa shape index (κ2) is 4.67. The molecule has 0 heterocycles. The Kier molecular flexibility index (Phi) is 4.39. The summed E-state index contributed by atoms with van der Waals surface area (Å²) in [7, 11) is 0. The van der Waals surface area contributed by atoms with Crippen LogP contribution in [0.25, 0.3) is 0 Å². The third-order valence-electron chi connectivity index (χ3n) is 0.535. The van der Waals surface area contributed by atoms with Crippen molar-refractivity contribution < 1.29 is 4.74 Å². The van der Waals surface area contributed by atoms with Gasteiger partial charge in [-0.1, -0.05) is 19.8 Å². The van der Waals surface area contributed by atoms with Crippen molar-refractivity contribution in [1.82, 2.24) is 0 Å². The Balaban J connectivity index is 2.85. The Labute approximate surface area is 51.0 Å². The molecule has 0 unspecified atom stereocenters. The molecule has 0 aliphatic heterocycles. The average Bonchev–Trinajstić information content (AvgIpc) is 1.66. The first kappa shape index (κ1) is 7.52. The molecule has 0 aliphatic carbocycles. The minimum Gasteiger partial charge on any atom is -0.363 e. The first-order valence-electron chi connectivity index (χ1n) is 2.65.